The standard InChI is InChI=1S/C29H38N4O2/c1-20-24-5-3-7-30(24)9-11-32(20)26(34)18-28-14-22-13-23(15-28)17-29(16-22,19-28)27(35)33-12-10-31-8-4-6-25(31)21(33)2/h3-8,20-23H,9-19H2,1-2H3. The Labute approximate surface area is 208 Å². The van der Waals surface area contributed by atoms with Crippen molar-refractivity contribution in [3.05, 3.63) is 48.0 Å². The highest BCUT2D eigenvalue weighted by Crippen LogP contribution is 2.67. The third-order valence-corrected chi connectivity index (χ3v) is 10.4. The molecule has 6 heteroatoms. The van der Waals surface area contributed by atoms with Gasteiger partial charge in [0, 0.05) is 56.4 Å². The molecule has 4 heterocycles. The quantitative estimate of drug-likeness (QED) is 0.643. The van der Waals surface area contributed by atoms with Gasteiger partial charge in [0.15, 0.2) is 0 Å². The van der Waals surface area contributed by atoms with E-state index in [4.69, 9.17) is 0 Å². The normalized spacial score (nSPS) is 37.3. The van der Waals surface area contributed by atoms with Crippen molar-refractivity contribution in [1.82, 2.24) is 18.9 Å². The van der Waals surface area contributed by atoms with Crippen LogP contribution >= 0.6 is 0 Å². The van der Waals surface area contributed by atoms with Crippen molar-refractivity contribution in [2.75, 3.05) is 13.1 Å². The van der Waals surface area contributed by atoms with Gasteiger partial charge in [-0.15, -0.1) is 0 Å². The molecule has 4 atom stereocenters. The number of rotatable bonds is 3. The number of carbonyl (C=O) groups excluding carboxylic acids is 2. The topological polar surface area (TPSA) is 50.5 Å². The fourth-order valence-corrected chi connectivity index (χ4v) is 9.41. The molecule has 2 aliphatic heterocycles. The van der Waals surface area contributed by atoms with Gasteiger partial charge >= 0.3 is 0 Å². The zero-order valence-electron chi connectivity index (χ0n) is 21.2. The Bertz CT molecular complexity index is 1160. The van der Waals surface area contributed by atoms with E-state index in [1.807, 2.05) is 0 Å². The van der Waals surface area contributed by atoms with Crippen molar-refractivity contribution in [2.45, 2.75) is 84.0 Å². The number of aromatic nitrogens is 2. The molecule has 2 aromatic heterocycles. The maximum Gasteiger partial charge on any atom is 0.229 e. The van der Waals surface area contributed by atoms with Crippen LogP contribution in [0, 0.1) is 22.7 Å². The fourth-order valence-electron chi connectivity index (χ4n) is 9.41. The molecular formula is C29H38N4O2. The molecule has 0 spiro atoms. The third kappa shape index (κ3) is 3.20. The summed E-state index contributed by atoms with van der Waals surface area (Å²) in [5.74, 6) is 1.90. The number of carbonyl (C=O) groups is 2. The molecule has 4 saturated carbocycles. The lowest BCUT2D eigenvalue weighted by atomic mass is 9.43. The Balaban J connectivity index is 1.14. The van der Waals surface area contributed by atoms with Crippen LogP contribution in [0.1, 0.15) is 82.3 Å². The molecule has 4 unspecified atom stereocenters. The van der Waals surface area contributed by atoms with Crippen LogP contribution in [0.3, 0.4) is 0 Å². The Kier molecular flexibility index (Phi) is 4.66. The van der Waals surface area contributed by atoms with Crippen molar-refractivity contribution in [3.63, 3.8) is 0 Å². The van der Waals surface area contributed by atoms with Gasteiger partial charge < -0.3 is 18.9 Å². The molecule has 4 fully saturated rings. The molecular weight excluding hydrogens is 436 g/mol. The van der Waals surface area contributed by atoms with Crippen LogP contribution in [-0.2, 0) is 22.7 Å². The van der Waals surface area contributed by atoms with E-state index in [2.05, 4.69) is 69.4 Å². The lowest BCUT2D eigenvalue weighted by molar-refractivity contribution is -0.175. The summed E-state index contributed by atoms with van der Waals surface area (Å²) in [4.78, 5) is 32.4. The Morgan fingerprint density at radius 1 is 0.829 bits per heavy atom. The van der Waals surface area contributed by atoms with E-state index in [-0.39, 0.29) is 22.9 Å². The first-order valence-electron chi connectivity index (χ1n) is 13.8. The lowest BCUT2D eigenvalue weighted by Gasteiger charge is -2.62. The number of amides is 2. The van der Waals surface area contributed by atoms with Crippen molar-refractivity contribution >= 4 is 11.8 Å². The van der Waals surface area contributed by atoms with E-state index < -0.39 is 0 Å². The average molecular weight is 475 g/mol. The maximum atomic E-state index is 14.3. The van der Waals surface area contributed by atoms with Crippen LogP contribution in [0.25, 0.3) is 0 Å². The minimum absolute atomic E-state index is 0.00916. The summed E-state index contributed by atoms with van der Waals surface area (Å²) >= 11 is 0. The predicted octanol–water partition coefficient (Wildman–Crippen LogP) is 4.77. The largest absolute Gasteiger partial charge is 0.348 e. The van der Waals surface area contributed by atoms with Gasteiger partial charge in [-0.05, 0) is 93.9 Å². The van der Waals surface area contributed by atoms with E-state index in [9.17, 15) is 9.59 Å². The highest BCUT2D eigenvalue weighted by molar-refractivity contribution is 5.84. The molecule has 0 aromatic carbocycles. The van der Waals surface area contributed by atoms with Crippen molar-refractivity contribution in [3.8, 4) is 0 Å². The molecule has 6 aliphatic rings. The summed E-state index contributed by atoms with van der Waals surface area (Å²) < 4.78 is 4.58. The monoisotopic (exact) mass is 474 g/mol. The molecule has 35 heavy (non-hydrogen) atoms. The van der Waals surface area contributed by atoms with Crippen molar-refractivity contribution in [2.24, 2.45) is 22.7 Å². The number of nitrogens with zero attached hydrogens (tertiary/aromatic N) is 4. The van der Waals surface area contributed by atoms with Gasteiger partial charge in [-0.3, -0.25) is 9.59 Å². The SMILES string of the molecule is CC1c2cccn2CCN1C(=O)CC12CC3CC(C1)CC(C(=O)N1CCn4cccc4C1C)(C3)C2. The Morgan fingerprint density at radius 3 is 2.03 bits per heavy atom. The zero-order chi connectivity index (χ0) is 23.9. The van der Waals surface area contributed by atoms with E-state index in [0.29, 0.717) is 30.1 Å². The first kappa shape index (κ1) is 21.8. The summed E-state index contributed by atoms with van der Waals surface area (Å²) in [6.07, 6.45) is 11.4. The highest BCUT2D eigenvalue weighted by atomic mass is 16.2. The minimum atomic E-state index is -0.254. The zero-order valence-corrected chi connectivity index (χ0v) is 21.2. The van der Waals surface area contributed by atoms with E-state index in [1.54, 1.807) is 0 Å². The average Bonchev–Trinajstić information content (AvgIpc) is 3.48. The van der Waals surface area contributed by atoms with Gasteiger partial charge in [-0.2, -0.15) is 0 Å². The fraction of sp³-hybridized carbons (Fsp3) is 0.655. The number of fused-ring (bicyclic) bond motifs is 2. The van der Waals surface area contributed by atoms with Gasteiger partial charge in [0.1, 0.15) is 0 Å². The van der Waals surface area contributed by atoms with Gasteiger partial charge in [-0.25, -0.2) is 0 Å². The highest BCUT2D eigenvalue weighted by Gasteiger charge is 2.62. The van der Waals surface area contributed by atoms with Crippen LogP contribution < -0.4 is 0 Å². The Morgan fingerprint density at radius 2 is 1.40 bits per heavy atom. The number of hydrogen-bond donors (Lipinski definition) is 0. The molecule has 8 rings (SSSR count). The van der Waals surface area contributed by atoms with Crippen molar-refractivity contribution < 1.29 is 9.59 Å². The molecule has 6 nitrogen and oxygen atoms in total. The van der Waals surface area contributed by atoms with E-state index >= 15 is 0 Å². The molecule has 2 aromatic rings. The summed E-state index contributed by atoms with van der Waals surface area (Å²) in [6, 6.07) is 8.76. The molecule has 0 radical (unpaired) electrons. The number of hydrogen-bond acceptors (Lipinski definition) is 2. The molecule has 0 N–H and O–H groups in total. The predicted molar refractivity (Wildman–Crippen MR) is 133 cm³/mol. The molecule has 0 saturated heterocycles. The van der Waals surface area contributed by atoms with Gasteiger partial charge in [0.05, 0.1) is 17.5 Å². The lowest BCUT2D eigenvalue weighted by Crippen LogP contribution is -2.60. The smallest absolute Gasteiger partial charge is 0.229 e. The molecule has 2 amide bonds. The molecule has 186 valence electrons. The third-order valence-electron chi connectivity index (χ3n) is 10.4. The summed E-state index contributed by atoms with van der Waals surface area (Å²) in [5, 5.41) is 0. The molecule has 4 bridgehead atoms. The first-order chi connectivity index (χ1) is 16.9. The van der Waals surface area contributed by atoms with Crippen LogP contribution in [-0.4, -0.2) is 43.8 Å². The van der Waals surface area contributed by atoms with E-state index in [1.165, 1.54) is 17.8 Å². The summed E-state index contributed by atoms with van der Waals surface area (Å²) in [7, 11) is 0. The van der Waals surface area contributed by atoms with Crippen molar-refractivity contribution in [1.29, 1.82) is 0 Å². The minimum Gasteiger partial charge on any atom is -0.348 e. The summed E-state index contributed by atoms with van der Waals surface area (Å²) in [5.41, 5.74) is 2.25. The molecule has 4 aliphatic carbocycles. The van der Waals surface area contributed by atoms with Crippen LogP contribution in [0.5, 0.6) is 0 Å². The van der Waals surface area contributed by atoms with Crippen LogP contribution in [0.2, 0.25) is 0 Å². The Hall–Kier alpha value is -2.50. The van der Waals surface area contributed by atoms with Gasteiger partial charge in [0.2, 0.25) is 11.8 Å². The summed E-state index contributed by atoms with van der Waals surface area (Å²) in [6.45, 7) is 7.72. The van der Waals surface area contributed by atoms with Crippen LogP contribution in [0.15, 0.2) is 36.7 Å². The maximum absolute atomic E-state index is 14.3. The van der Waals surface area contributed by atoms with E-state index in [0.717, 1.165) is 58.3 Å². The second-order valence-electron chi connectivity index (χ2n) is 12.6. The second-order valence-corrected chi connectivity index (χ2v) is 12.6. The second kappa shape index (κ2) is 7.50. The first-order valence-corrected chi connectivity index (χ1v) is 13.8. The van der Waals surface area contributed by atoms with Gasteiger partial charge in [-0.1, -0.05) is 0 Å². The van der Waals surface area contributed by atoms with Gasteiger partial charge in [0.25, 0.3) is 0 Å². The van der Waals surface area contributed by atoms with Crippen LogP contribution in [0.4, 0.5) is 0 Å².